The number of nitrogen functional groups attached to an aromatic ring is 1. The second kappa shape index (κ2) is 15.5. The Hall–Kier alpha value is -5.61. The van der Waals surface area contributed by atoms with Gasteiger partial charge in [-0.15, -0.1) is 6.58 Å². The number of aromatic nitrogens is 1. The van der Waals surface area contributed by atoms with Crippen LogP contribution in [0.3, 0.4) is 0 Å². The van der Waals surface area contributed by atoms with Crippen molar-refractivity contribution in [2.45, 2.75) is 26.2 Å². The van der Waals surface area contributed by atoms with Crippen LogP contribution in [0.15, 0.2) is 66.7 Å². The van der Waals surface area contributed by atoms with E-state index < -0.39 is 39.3 Å². The summed E-state index contributed by atoms with van der Waals surface area (Å²) < 4.78 is 31.1. The summed E-state index contributed by atoms with van der Waals surface area (Å²) in [6, 6.07) is 13.5. The van der Waals surface area contributed by atoms with E-state index in [2.05, 4.69) is 16.9 Å². The van der Waals surface area contributed by atoms with Crippen molar-refractivity contribution in [1.82, 2.24) is 9.88 Å². The summed E-state index contributed by atoms with van der Waals surface area (Å²) in [6.45, 7) is 6.02. The number of amides is 2. The number of nitrogens with one attached hydrogen (secondary N) is 2. The van der Waals surface area contributed by atoms with Crippen LogP contribution >= 0.6 is 0 Å². The third-order valence-corrected chi connectivity index (χ3v) is 7.64. The predicted molar refractivity (Wildman–Crippen MR) is 181 cm³/mol. The Kier molecular flexibility index (Phi) is 12.0. The van der Waals surface area contributed by atoms with Gasteiger partial charge in [-0.3, -0.25) is 24.3 Å². The van der Waals surface area contributed by atoms with Gasteiger partial charge >= 0.3 is 11.9 Å². The van der Waals surface area contributed by atoms with Crippen molar-refractivity contribution in [3.8, 4) is 17.0 Å². The number of nitrogens with two attached hydrogens (primary N) is 1. The van der Waals surface area contributed by atoms with E-state index in [1.807, 2.05) is 0 Å². The number of hydrogen-bond donors (Lipinski definition) is 6. The van der Waals surface area contributed by atoms with Gasteiger partial charge < -0.3 is 30.9 Å². The maximum atomic E-state index is 13.4. The Bertz CT molecular complexity index is 1890. The molecule has 4 rings (SSSR count). The van der Waals surface area contributed by atoms with Crippen LogP contribution in [-0.2, 0) is 14.9 Å². The molecule has 15 nitrogen and oxygen atoms in total. The first-order chi connectivity index (χ1) is 22.8. The third kappa shape index (κ3) is 9.94. The van der Waals surface area contributed by atoms with Crippen molar-refractivity contribution < 1.29 is 47.1 Å². The Labute approximate surface area is 282 Å². The van der Waals surface area contributed by atoms with E-state index >= 15 is 0 Å². The highest BCUT2D eigenvalue weighted by Crippen LogP contribution is 2.38. The van der Waals surface area contributed by atoms with Gasteiger partial charge in [0.1, 0.15) is 11.5 Å². The monoisotopic (exact) mass is 695 g/mol. The number of piperidine rings is 1. The van der Waals surface area contributed by atoms with E-state index in [9.17, 15) is 37.8 Å². The topological polar surface area (TPSA) is 250 Å². The number of pyridine rings is 1. The summed E-state index contributed by atoms with van der Waals surface area (Å²) >= 11 is 0. The number of amidine groups is 1. The van der Waals surface area contributed by atoms with Crippen molar-refractivity contribution in [1.29, 1.82) is 5.41 Å². The SMILES string of the molecule is C=C(C)CC1(C(=O)O)CCN(C(=O)c2ccc(-c3ccc(OC)nc3C(=O)Nc3ccc(C(=N)N)cc3)c(C(=O)O)c2)CC1.CS(=O)(=O)O. The van der Waals surface area contributed by atoms with E-state index in [0.717, 1.165) is 5.57 Å². The summed E-state index contributed by atoms with van der Waals surface area (Å²) in [7, 11) is -2.28. The number of aliphatic carboxylic acids is 1. The molecule has 1 aliphatic heterocycles. The minimum atomic E-state index is -3.67. The number of hydrogen-bond acceptors (Lipinski definition) is 9. The van der Waals surface area contributed by atoms with Gasteiger partial charge in [-0.25, -0.2) is 9.78 Å². The van der Waals surface area contributed by atoms with E-state index in [1.54, 1.807) is 31.2 Å². The van der Waals surface area contributed by atoms with Gasteiger partial charge in [0, 0.05) is 41.5 Å². The maximum absolute atomic E-state index is 13.4. The lowest BCUT2D eigenvalue weighted by atomic mass is 9.74. The zero-order valence-corrected chi connectivity index (χ0v) is 27.8. The molecule has 260 valence electrons. The number of methoxy groups -OCH3 is 1. The fourth-order valence-electron chi connectivity index (χ4n) is 5.32. The van der Waals surface area contributed by atoms with Gasteiger partial charge in [-0.2, -0.15) is 8.42 Å². The molecule has 1 fully saturated rings. The molecule has 2 aromatic carbocycles. The Morgan fingerprint density at radius 3 is 2.06 bits per heavy atom. The highest BCUT2D eigenvalue weighted by atomic mass is 32.2. The second-order valence-corrected chi connectivity index (χ2v) is 13.0. The number of carbonyl (C=O) groups excluding carboxylic acids is 2. The highest BCUT2D eigenvalue weighted by molar-refractivity contribution is 7.85. The van der Waals surface area contributed by atoms with Gasteiger partial charge in [-0.1, -0.05) is 11.6 Å². The zero-order valence-electron chi connectivity index (χ0n) is 27.0. The normalized spacial score (nSPS) is 13.7. The zero-order chi connectivity index (χ0) is 36.7. The van der Waals surface area contributed by atoms with Crippen LogP contribution in [0.1, 0.15) is 63.0 Å². The lowest BCUT2D eigenvalue weighted by Crippen LogP contribution is -2.46. The molecule has 1 aliphatic rings. The number of ether oxygens (including phenoxy) is 1. The highest BCUT2D eigenvalue weighted by Gasteiger charge is 2.42. The van der Waals surface area contributed by atoms with E-state index in [-0.39, 0.29) is 65.6 Å². The quantitative estimate of drug-likeness (QED) is 0.0768. The number of anilines is 1. The predicted octanol–water partition coefficient (Wildman–Crippen LogP) is 3.77. The Morgan fingerprint density at radius 2 is 1.57 bits per heavy atom. The van der Waals surface area contributed by atoms with Crippen LogP contribution in [0.5, 0.6) is 5.88 Å². The molecule has 2 heterocycles. The van der Waals surface area contributed by atoms with Crippen LogP contribution in [-0.4, -0.2) is 89.1 Å². The minimum absolute atomic E-state index is 0.111. The van der Waals surface area contributed by atoms with Gasteiger partial charge in [0.25, 0.3) is 21.9 Å². The number of carboxylic acids is 2. The first-order valence-corrected chi connectivity index (χ1v) is 16.5. The van der Waals surface area contributed by atoms with Gasteiger partial charge in [0.2, 0.25) is 5.88 Å². The first kappa shape index (κ1) is 37.8. The van der Waals surface area contributed by atoms with Crippen LogP contribution < -0.4 is 15.8 Å². The lowest BCUT2D eigenvalue weighted by molar-refractivity contribution is -0.151. The molecular weight excluding hydrogens is 658 g/mol. The molecule has 0 spiro atoms. The molecule has 1 aromatic heterocycles. The largest absolute Gasteiger partial charge is 0.481 e. The molecule has 3 aromatic rings. The fourth-order valence-corrected chi connectivity index (χ4v) is 5.32. The van der Waals surface area contributed by atoms with Crippen LogP contribution in [0, 0.1) is 10.8 Å². The average molecular weight is 696 g/mol. The van der Waals surface area contributed by atoms with Crippen LogP contribution in [0.25, 0.3) is 11.1 Å². The van der Waals surface area contributed by atoms with Crippen molar-refractivity contribution in [3.63, 3.8) is 0 Å². The number of aromatic carboxylic acids is 1. The van der Waals surface area contributed by atoms with Crippen molar-refractivity contribution >= 4 is 45.4 Å². The lowest BCUT2D eigenvalue weighted by Gasteiger charge is -2.39. The number of benzene rings is 2. The molecule has 0 atom stereocenters. The van der Waals surface area contributed by atoms with Crippen LogP contribution in [0.2, 0.25) is 0 Å². The molecule has 49 heavy (non-hydrogen) atoms. The second-order valence-electron chi connectivity index (χ2n) is 11.5. The number of nitrogens with zero attached hydrogens (tertiary/aromatic N) is 2. The number of carboxylic acid groups (broad SMARTS) is 2. The van der Waals surface area contributed by atoms with E-state index in [0.29, 0.717) is 23.9 Å². The summed E-state index contributed by atoms with van der Waals surface area (Å²) in [5.74, 6) is -3.31. The summed E-state index contributed by atoms with van der Waals surface area (Å²) in [6.07, 6.45) is 1.53. The third-order valence-electron chi connectivity index (χ3n) is 7.64. The summed E-state index contributed by atoms with van der Waals surface area (Å²) in [5, 5.41) is 30.2. The minimum Gasteiger partial charge on any atom is -0.481 e. The number of allylic oxidation sites excluding steroid dienone is 1. The molecule has 16 heteroatoms. The fraction of sp³-hybridized carbons (Fsp3) is 0.273. The number of likely N-dealkylation sites (tertiary alicyclic amines) is 1. The Balaban J connectivity index is 0.00000121. The molecule has 2 amide bonds. The number of carbonyl (C=O) groups is 4. The molecular formula is C33H37N5O10S. The molecule has 1 saturated heterocycles. The van der Waals surface area contributed by atoms with Gasteiger partial charge in [0.15, 0.2) is 0 Å². The standard InChI is InChI=1S/C32H33N5O7.CH4O3S/c1-18(2)17-32(31(42)43)12-14-37(15-13-32)29(39)20-6-9-22(24(16-20)30(40)41)23-10-11-25(44-3)36-26(23)28(38)35-21-7-4-19(5-8-21)27(33)34;1-5(2,3)4/h4-11,16H,1,12-15,17H2,2-3H3,(H3,33,34)(H,35,38)(H,40,41)(H,42,43);1H3,(H,2,3,4). The van der Waals surface area contributed by atoms with Crippen molar-refractivity contribution in [2.24, 2.45) is 11.1 Å². The molecule has 0 aliphatic carbocycles. The smallest absolute Gasteiger partial charge is 0.336 e. The number of rotatable bonds is 10. The van der Waals surface area contributed by atoms with E-state index in [1.165, 1.54) is 42.3 Å². The van der Waals surface area contributed by atoms with Crippen LogP contribution in [0.4, 0.5) is 5.69 Å². The molecule has 0 radical (unpaired) electrons. The van der Waals surface area contributed by atoms with Gasteiger partial charge in [-0.05, 0) is 74.2 Å². The van der Waals surface area contributed by atoms with Crippen molar-refractivity contribution in [3.05, 3.63) is 89.1 Å². The van der Waals surface area contributed by atoms with Crippen molar-refractivity contribution in [2.75, 3.05) is 31.8 Å². The molecule has 0 bridgehead atoms. The summed E-state index contributed by atoms with van der Waals surface area (Å²) in [4.78, 5) is 57.0. The Morgan fingerprint density at radius 1 is 1.02 bits per heavy atom. The molecule has 0 unspecified atom stereocenters. The average Bonchev–Trinajstić information content (AvgIpc) is 3.03. The molecule has 0 saturated carbocycles. The van der Waals surface area contributed by atoms with Gasteiger partial charge in [0.05, 0.1) is 24.3 Å². The first-order valence-electron chi connectivity index (χ1n) is 14.6. The summed E-state index contributed by atoms with van der Waals surface area (Å²) in [5.41, 5.74) is 6.26. The maximum Gasteiger partial charge on any atom is 0.336 e. The van der Waals surface area contributed by atoms with E-state index in [4.69, 9.17) is 20.4 Å². The molecule has 7 N–H and O–H groups in total.